The van der Waals surface area contributed by atoms with E-state index in [2.05, 4.69) is 20.4 Å². The SMILES string of the molecule is O=C(CSc1nnc(CN2CCCCC2)n1-c1ccc(F)cc1)NCc1ccccc1. The van der Waals surface area contributed by atoms with Crippen LogP contribution < -0.4 is 5.32 Å². The first-order valence-electron chi connectivity index (χ1n) is 10.5. The van der Waals surface area contributed by atoms with E-state index in [0.717, 1.165) is 30.2 Å². The van der Waals surface area contributed by atoms with Crippen molar-refractivity contribution < 1.29 is 9.18 Å². The van der Waals surface area contributed by atoms with Crippen LogP contribution in [0.1, 0.15) is 30.7 Å². The number of aromatic nitrogens is 3. The third-order valence-electron chi connectivity index (χ3n) is 5.26. The topological polar surface area (TPSA) is 63.1 Å². The van der Waals surface area contributed by atoms with Crippen LogP contribution in [0.15, 0.2) is 59.8 Å². The molecule has 31 heavy (non-hydrogen) atoms. The molecular weight excluding hydrogens is 413 g/mol. The lowest BCUT2D eigenvalue weighted by molar-refractivity contribution is -0.118. The van der Waals surface area contributed by atoms with Gasteiger partial charge in [-0.2, -0.15) is 0 Å². The average molecular weight is 440 g/mol. The molecule has 162 valence electrons. The van der Waals surface area contributed by atoms with E-state index in [0.29, 0.717) is 18.2 Å². The minimum atomic E-state index is -0.288. The number of thioether (sulfide) groups is 1. The highest BCUT2D eigenvalue weighted by atomic mass is 32.2. The van der Waals surface area contributed by atoms with Crippen molar-refractivity contribution in [3.05, 3.63) is 71.8 Å². The van der Waals surface area contributed by atoms with E-state index in [-0.39, 0.29) is 17.5 Å². The van der Waals surface area contributed by atoms with E-state index in [1.165, 1.54) is 43.2 Å². The molecule has 0 aliphatic carbocycles. The van der Waals surface area contributed by atoms with Crippen molar-refractivity contribution in [3.8, 4) is 5.69 Å². The zero-order chi connectivity index (χ0) is 21.5. The molecule has 1 N–H and O–H groups in total. The zero-order valence-corrected chi connectivity index (χ0v) is 18.2. The monoisotopic (exact) mass is 439 g/mol. The molecule has 2 aromatic carbocycles. The lowest BCUT2D eigenvalue weighted by atomic mass is 10.1. The average Bonchev–Trinajstić information content (AvgIpc) is 3.20. The van der Waals surface area contributed by atoms with Crippen molar-refractivity contribution in [1.29, 1.82) is 0 Å². The molecule has 1 amide bonds. The number of piperidine rings is 1. The van der Waals surface area contributed by atoms with Crippen LogP contribution in [0.3, 0.4) is 0 Å². The number of nitrogens with zero attached hydrogens (tertiary/aromatic N) is 4. The molecule has 0 radical (unpaired) electrons. The van der Waals surface area contributed by atoms with E-state index in [4.69, 9.17) is 0 Å². The Hall–Kier alpha value is -2.71. The number of benzene rings is 2. The summed E-state index contributed by atoms with van der Waals surface area (Å²) in [6.45, 7) is 3.26. The predicted molar refractivity (Wildman–Crippen MR) is 119 cm³/mol. The van der Waals surface area contributed by atoms with Crippen LogP contribution >= 0.6 is 11.8 Å². The summed E-state index contributed by atoms with van der Waals surface area (Å²) in [5.41, 5.74) is 1.85. The quantitative estimate of drug-likeness (QED) is 0.541. The third kappa shape index (κ3) is 5.92. The fourth-order valence-electron chi connectivity index (χ4n) is 3.64. The number of halogens is 1. The van der Waals surface area contributed by atoms with Gasteiger partial charge in [0.15, 0.2) is 11.0 Å². The van der Waals surface area contributed by atoms with Crippen molar-refractivity contribution in [2.24, 2.45) is 0 Å². The normalized spacial score (nSPS) is 14.5. The number of hydrogen-bond acceptors (Lipinski definition) is 5. The van der Waals surface area contributed by atoms with Crippen molar-refractivity contribution >= 4 is 17.7 Å². The van der Waals surface area contributed by atoms with Crippen LogP contribution in [0.25, 0.3) is 5.69 Å². The van der Waals surface area contributed by atoms with Crippen LogP contribution in [-0.4, -0.2) is 44.4 Å². The van der Waals surface area contributed by atoms with Crippen molar-refractivity contribution in [2.75, 3.05) is 18.8 Å². The molecule has 1 aliphatic heterocycles. The lowest BCUT2D eigenvalue weighted by Crippen LogP contribution is -2.30. The molecule has 0 bridgehead atoms. The van der Waals surface area contributed by atoms with Crippen molar-refractivity contribution in [1.82, 2.24) is 25.0 Å². The fourth-order valence-corrected chi connectivity index (χ4v) is 4.44. The van der Waals surface area contributed by atoms with Gasteiger partial charge in [-0.3, -0.25) is 14.3 Å². The van der Waals surface area contributed by atoms with Gasteiger partial charge in [-0.25, -0.2) is 4.39 Å². The van der Waals surface area contributed by atoms with Gasteiger partial charge in [0.25, 0.3) is 0 Å². The summed E-state index contributed by atoms with van der Waals surface area (Å²) >= 11 is 1.34. The summed E-state index contributed by atoms with van der Waals surface area (Å²) in [6, 6.07) is 16.1. The maximum atomic E-state index is 13.5. The largest absolute Gasteiger partial charge is 0.351 e. The Morgan fingerprint density at radius 2 is 1.74 bits per heavy atom. The van der Waals surface area contributed by atoms with Crippen molar-refractivity contribution in [3.63, 3.8) is 0 Å². The second-order valence-electron chi connectivity index (χ2n) is 7.60. The minimum absolute atomic E-state index is 0.0694. The van der Waals surface area contributed by atoms with Gasteiger partial charge in [-0.1, -0.05) is 48.5 Å². The summed E-state index contributed by atoms with van der Waals surface area (Å²) in [7, 11) is 0. The van der Waals surface area contributed by atoms with Gasteiger partial charge in [0.2, 0.25) is 5.91 Å². The third-order valence-corrected chi connectivity index (χ3v) is 6.19. The Kier molecular flexibility index (Phi) is 7.32. The molecule has 1 fully saturated rings. The second kappa shape index (κ2) is 10.5. The van der Waals surface area contributed by atoms with E-state index < -0.39 is 0 Å². The molecule has 1 aliphatic rings. The first kappa shape index (κ1) is 21.5. The smallest absolute Gasteiger partial charge is 0.230 e. The number of rotatable bonds is 8. The Morgan fingerprint density at radius 1 is 1.00 bits per heavy atom. The molecule has 1 saturated heterocycles. The maximum absolute atomic E-state index is 13.5. The molecule has 0 unspecified atom stereocenters. The molecule has 1 aromatic heterocycles. The van der Waals surface area contributed by atoms with E-state index in [1.54, 1.807) is 12.1 Å². The molecular formula is C23H26FN5OS. The van der Waals surface area contributed by atoms with Gasteiger partial charge in [0.1, 0.15) is 5.82 Å². The maximum Gasteiger partial charge on any atom is 0.230 e. The first-order valence-corrected chi connectivity index (χ1v) is 11.5. The second-order valence-corrected chi connectivity index (χ2v) is 8.54. The Bertz CT molecular complexity index is 987. The van der Waals surface area contributed by atoms with Crippen LogP contribution in [0.2, 0.25) is 0 Å². The van der Waals surface area contributed by atoms with Gasteiger partial charge in [0, 0.05) is 12.2 Å². The number of amides is 1. The van der Waals surface area contributed by atoms with E-state index in [9.17, 15) is 9.18 Å². The van der Waals surface area contributed by atoms with Crippen LogP contribution in [0.5, 0.6) is 0 Å². The minimum Gasteiger partial charge on any atom is -0.351 e. The van der Waals surface area contributed by atoms with Gasteiger partial charge in [0.05, 0.1) is 12.3 Å². The molecule has 6 nitrogen and oxygen atoms in total. The standard InChI is InChI=1S/C23H26FN5OS/c24-19-9-11-20(12-10-19)29-21(16-28-13-5-2-6-14-28)26-27-23(29)31-17-22(30)25-15-18-7-3-1-4-8-18/h1,3-4,7-12H,2,5-6,13-17H2,(H,25,30). The summed E-state index contributed by atoms with van der Waals surface area (Å²) in [4.78, 5) is 14.7. The van der Waals surface area contributed by atoms with Crippen LogP contribution in [0, 0.1) is 5.82 Å². The highest BCUT2D eigenvalue weighted by molar-refractivity contribution is 7.99. The molecule has 0 spiro atoms. The number of nitrogens with one attached hydrogen (secondary N) is 1. The zero-order valence-electron chi connectivity index (χ0n) is 17.3. The summed E-state index contributed by atoms with van der Waals surface area (Å²) < 4.78 is 15.4. The highest BCUT2D eigenvalue weighted by Gasteiger charge is 2.19. The predicted octanol–water partition coefficient (Wildman–Crippen LogP) is 3.80. The Balaban J connectivity index is 1.45. The summed E-state index contributed by atoms with van der Waals surface area (Å²) in [5.74, 6) is 0.681. The van der Waals surface area contributed by atoms with E-state index in [1.807, 2.05) is 34.9 Å². The number of carbonyl (C=O) groups is 1. The fraction of sp³-hybridized carbons (Fsp3) is 0.348. The molecule has 2 heterocycles. The van der Waals surface area contributed by atoms with Crippen molar-refractivity contribution in [2.45, 2.75) is 37.5 Å². The molecule has 3 aromatic rings. The Labute approximate surface area is 185 Å². The lowest BCUT2D eigenvalue weighted by Gasteiger charge is -2.26. The number of carbonyl (C=O) groups excluding carboxylic acids is 1. The van der Waals surface area contributed by atoms with Gasteiger partial charge < -0.3 is 5.32 Å². The summed E-state index contributed by atoms with van der Waals surface area (Å²) in [5, 5.41) is 12.3. The molecule has 4 rings (SSSR count). The van der Waals surface area contributed by atoms with Crippen LogP contribution in [0.4, 0.5) is 4.39 Å². The number of likely N-dealkylation sites (tertiary alicyclic amines) is 1. The van der Waals surface area contributed by atoms with Gasteiger partial charge in [-0.15, -0.1) is 10.2 Å². The molecule has 0 saturated carbocycles. The van der Waals surface area contributed by atoms with Gasteiger partial charge in [-0.05, 0) is 55.8 Å². The molecule has 0 atom stereocenters. The summed E-state index contributed by atoms with van der Waals surface area (Å²) in [6.07, 6.45) is 3.64. The van der Waals surface area contributed by atoms with Gasteiger partial charge >= 0.3 is 0 Å². The van der Waals surface area contributed by atoms with E-state index >= 15 is 0 Å². The highest BCUT2D eigenvalue weighted by Crippen LogP contribution is 2.24. The Morgan fingerprint density at radius 3 is 2.48 bits per heavy atom. The first-order chi connectivity index (χ1) is 15.2. The number of hydrogen-bond donors (Lipinski definition) is 1. The molecule has 8 heteroatoms. The van der Waals surface area contributed by atoms with Crippen LogP contribution in [-0.2, 0) is 17.9 Å².